The molecule has 0 radical (unpaired) electrons. The van der Waals surface area contributed by atoms with Crippen LogP contribution in [0, 0.1) is 12.7 Å². The highest BCUT2D eigenvalue weighted by molar-refractivity contribution is 14.0. The fraction of sp³-hybridized carbons (Fsp3) is 0.381. The predicted molar refractivity (Wildman–Crippen MR) is 120 cm³/mol. The van der Waals surface area contributed by atoms with Crippen molar-refractivity contribution in [2.45, 2.75) is 32.8 Å². The van der Waals surface area contributed by atoms with Gasteiger partial charge in [-0.05, 0) is 49.1 Å². The molecule has 0 aliphatic carbocycles. The molecule has 0 heterocycles. The first-order valence-electron chi connectivity index (χ1n) is 9.07. The van der Waals surface area contributed by atoms with Gasteiger partial charge < -0.3 is 15.7 Å². The molecule has 0 amide bonds. The van der Waals surface area contributed by atoms with E-state index in [4.69, 9.17) is 0 Å². The lowest BCUT2D eigenvalue weighted by atomic mass is 10.1. The summed E-state index contributed by atoms with van der Waals surface area (Å²) < 4.78 is 13.2. The van der Waals surface area contributed by atoms with Gasteiger partial charge in [0.15, 0.2) is 5.96 Å². The van der Waals surface area contributed by atoms with Crippen LogP contribution in [-0.4, -0.2) is 36.8 Å². The highest BCUT2D eigenvalue weighted by atomic mass is 127. The maximum absolute atomic E-state index is 13.2. The molecule has 4 nitrogen and oxygen atoms in total. The number of aliphatic hydroxyl groups excluding tert-OH is 1. The summed E-state index contributed by atoms with van der Waals surface area (Å²) in [6.07, 6.45) is 0.842. The summed E-state index contributed by atoms with van der Waals surface area (Å²) in [5.41, 5.74) is 3.16. The van der Waals surface area contributed by atoms with Crippen LogP contribution in [0.1, 0.15) is 23.6 Å². The summed E-state index contributed by atoms with van der Waals surface area (Å²) in [7, 11) is 0. The Balaban J connectivity index is 0.00000364. The van der Waals surface area contributed by atoms with E-state index in [2.05, 4.69) is 15.6 Å². The van der Waals surface area contributed by atoms with Crippen molar-refractivity contribution in [2.75, 3.05) is 19.6 Å². The predicted octanol–water partition coefficient (Wildman–Crippen LogP) is 3.45. The van der Waals surface area contributed by atoms with Crippen LogP contribution in [0.2, 0.25) is 0 Å². The van der Waals surface area contributed by atoms with Gasteiger partial charge in [0.25, 0.3) is 0 Å². The fourth-order valence-electron chi connectivity index (χ4n) is 2.74. The van der Waals surface area contributed by atoms with Crippen LogP contribution in [0.3, 0.4) is 0 Å². The lowest BCUT2D eigenvalue weighted by Gasteiger charge is -2.14. The summed E-state index contributed by atoms with van der Waals surface area (Å²) in [5, 5.41) is 16.6. The zero-order valence-corrected chi connectivity index (χ0v) is 18.2. The molecule has 0 saturated heterocycles. The number of hydrogen-bond donors (Lipinski definition) is 3. The third-order valence-electron chi connectivity index (χ3n) is 4.11. The van der Waals surface area contributed by atoms with Crippen LogP contribution >= 0.6 is 24.0 Å². The van der Waals surface area contributed by atoms with E-state index in [1.54, 1.807) is 6.07 Å². The number of aliphatic hydroxyl groups is 1. The zero-order valence-electron chi connectivity index (χ0n) is 15.9. The zero-order chi connectivity index (χ0) is 18.8. The fourth-order valence-corrected chi connectivity index (χ4v) is 2.74. The Morgan fingerprint density at radius 3 is 2.56 bits per heavy atom. The number of rotatable bonds is 8. The Morgan fingerprint density at radius 1 is 1.15 bits per heavy atom. The number of aryl methyl sites for hydroxylation is 1. The van der Waals surface area contributed by atoms with Gasteiger partial charge in [-0.25, -0.2) is 4.39 Å². The second kappa shape index (κ2) is 12.7. The highest BCUT2D eigenvalue weighted by Gasteiger charge is 2.06. The number of nitrogens with zero attached hydrogens (tertiary/aromatic N) is 1. The molecule has 2 rings (SSSR count). The first-order valence-corrected chi connectivity index (χ1v) is 9.07. The first kappa shape index (κ1) is 23.4. The van der Waals surface area contributed by atoms with Gasteiger partial charge in [-0.15, -0.1) is 24.0 Å². The van der Waals surface area contributed by atoms with E-state index < -0.39 is 6.10 Å². The second-order valence-electron chi connectivity index (χ2n) is 6.31. The van der Waals surface area contributed by atoms with E-state index in [1.165, 1.54) is 6.07 Å². The van der Waals surface area contributed by atoms with E-state index >= 15 is 0 Å². The van der Waals surface area contributed by atoms with Crippen LogP contribution in [-0.2, 0) is 12.8 Å². The third kappa shape index (κ3) is 8.71. The normalized spacial score (nSPS) is 12.2. The van der Waals surface area contributed by atoms with Crippen LogP contribution in [0.4, 0.5) is 4.39 Å². The van der Waals surface area contributed by atoms with Gasteiger partial charge in [-0.2, -0.15) is 0 Å². The van der Waals surface area contributed by atoms with Crippen molar-refractivity contribution in [1.29, 1.82) is 0 Å². The van der Waals surface area contributed by atoms with Crippen LogP contribution in [0.5, 0.6) is 0 Å². The van der Waals surface area contributed by atoms with Gasteiger partial charge in [0.05, 0.1) is 12.6 Å². The molecular weight excluding hydrogens is 456 g/mol. The Morgan fingerprint density at radius 2 is 1.89 bits per heavy atom. The molecular formula is C21H29FIN3O. The third-order valence-corrected chi connectivity index (χ3v) is 4.11. The summed E-state index contributed by atoms with van der Waals surface area (Å²) in [6.45, 7) is 5.68. The Labute approximate surface area is 178 Å². The highest BCUT2D eigenvalue weighted by Crippen LogP contribution is 2.10. The van der Waals surface area contributed by atoms with Gasteiger partial charge in [0, 0.05) is 19.5 Å². The molecule has 0 aliphatic heterocycles. The van der Waals surface area contributed by atoms with Crippen molar-refractivity contribution in [2.24, 2.45) is 4.99 Å². The lowest BCUT2D eigenvalue weighted by molar-refractivity contribution is 0.183. The van der Waals surface area contributed by atoms with Crippen molar-refractivity contribution < 1.29 is 9.50 Å². The molecule has 1 atom stereocenters. The average molecular weight is 485 g/mol. The minimum atomic E-state index is -0.521. The van der Waals surface area contributed by atoms with Gasteiger partial charge in [-0.3, -0.25) is 4.99 Å². The molecule has 27 heavy (non-hydrogen) atoms. The van der Waals surface area contributed by atoms with Crippen LogP contribution in [0.25, 0.3) is 0 Å². The van der Waals surface area contributed by atoms with E-state index in [1.807, 2.05) is 50.2 Å². The molecule has 2 aromatic carbocycles. The topological polar surface area (TPSA) is 56.7 Å². The van der Waals surface area contributed by atoms with Crippen molar-refractivity contribution >= 4 is 29.9 Å². The van der Waals surface area contributed by atoms with Crippen molar-refractivity contribution in [3.05, 3.63) is 71.0 Å². The summed E-state index contributed by atoms with van der Waals surface area (Å²) in [6, 6.07) is 14.8. The standard InChI is InChI=1S/C21H28FN3O.HI/c1-3-23-21(24-12-11-18-9-10-19(22)13-16(18)2)25-15-20(26)14-17-7-5-4-6-8-17;/h4-10,13,20,26H,3,11-12,14-15H2,1-2H3,(H2,23,24,25);1H. The van der Waals surface area contributed by atoms with Gasteiger partial charge in [0.1, 0.15) is 5.82 Å². The Hall–Kier alpha value is -1.67. The first-order chi connectivity index (χ1) is 12.6. The van der Waals surface area contributed by atoms with Crippen molar-refractivity contribution in [3.8, 4) is 0 Å². The van der Waals surface area contributed by atoms with E-state index in [0.29, 0.717) is 25.5 Å². The number of benzene rings is 2. The molecule has 0 aromatic heterocycles. The molecule has 148 valence electrons. The van der Waals surface area contributed by atoms with E-state index in [0.717, 1.165) is 29.7 Å². The van der Waals surface area contributed by atoms with E-state index in [-0.39, 0.29) is 29.8 Å². The smallest absolute Gasteiger partial charge is 0.191 e. The average Bonchev–Trinajstić information content (AvgIpc) is 2.62. The number of halogens is 2. The largest absolute Gasteiger partial charge is 0.391 e. The maximum Gasteiger partial charge on any atom is 0.191 e. The minimum Gasteiger partial charge on any atom is -0.391 e. The number of guanidine groups is 1. The molecule has 2 aromatic rings. The molecule has 3 N–H and O–H groups in total. The Kier molecular flexibility index (Phi) is 11.0. The number of aliphatic imine (C=N–C) groups is 1. The summed E-state index contributed by atoms with van der Waals surface area (Å²) in [5.74, 6) is 0.473. The van der Waals surface area contributed by atoms with Gasteiger partial charge in [-0.1, -0.05) is 36.4 Å². The molecule has 0 spiro atoms. The van der Waals surface area contributed by atoms with Crippen LogP contribution in [0.15, 0.2) is 53.5 Å². The lowest BCUT2D eigenvalue weighted by Crippen LogP contribution is -2.39. The molecule has 1 unspecified atom stereocenters. The molecule has 0 saturated carbocycles. The second-order valence-corrected chi connectivity index (χ2v) is 6.31. The monoisotopic (exact) mass is 485 g/mol. The molecule has 6 heteroatoms. The Bertz CT molecular complexity index is 710. The molecule has 0 aliphatic rings. The van der Waals surface area contributed by atoms with Crippen molar-refractivity contribution in [3.63, 3.8) is 0 Å². The maximum atomic E-state index is 13.2. The minimum absolute atomic E-state index is 0. The molecule has 0 fully saturated rings. The summed E-state index contributed by atoms with van der Waals surface area (Å²) >= 11 is 0. The van der Waals surface area contributed by atoms with Crippen LogP contribution < -0.4 is 10.6 Å². The number of nitrogens with one attached hydrogen (secondary N) is 2. The SMILES string of the molecule is CCNC(=NCC(O)Cc1ccccc1)NCCc1ccc(F)cc1C.I. The van der Waals surface area contributed by atoms with Gasteiger partial charge in [0.2, 0.25) is 0 Å². The quantitative estimate of drug-likeness (QED) is 0.305. The van der Waals surface area contributed by atoms with Gasteiger partial charge >= 0.3 is 0 Å². The van der Waals surface area contributed by atoms with E-state index in [9.17, 15) is 9.50 Å². The van der Waals surface area contributed by atoms with Crippen molar-refractivity contribution in [1.82, 2.24) is 10.6 Å². The molecule has 0 bridgehead atoms. The summed E-state index contributed by atoms with van der Waals surface area (Å²) in [4.78, 5) is 4.46. The number of hydrogen-bond acceptors (Lipinski definition) is 2.